The molecule has 1 heterocycles. The minimum Gasteiger partial charge on any atom is -0.375 e. The van der Waals surface area contributed by atoms with Gasteiger partial charge in [0.25, 0.3) is 0 Å². The van der Waals surface area contributed by atoms with Gasteiger partial charge < -0.3 is 9.47 Å². The first-order chi connectivity index (χ1) is 15.4. The van der Waals surface area contributed by atoms with Crippen LogP contribution >= 0.6 is 0 Å². The third kappa shape index (κ3) is 6.76. The number of rotatable bonds is 10. The van der Waals surface area contributed by atoms with E-state index in [4.69, 9.17) is 9.47 Å². The molecule has 31 heavy (non-hydrogen) atoms. The van der Waals surface area contributed by atoms with Crippen molar-refractivity contribution in [1.29, 1.82) is 0 Å². The number of likely N-dealkylation sites (tertiary alicyclic amines) is 1. The summed E-state index contributed by atoms with van der Waals surface area (Å²) >= 11 is 0. The Morgan fingerprint density at radius 3 is 1.90 bits per heavy atom. The first kappa shape index (κ1) is 21.8. The lowest BCUT2D eigenvalue weighted by Crippen LogP contribution is -2.50. The Bertz CT molecular complexity index is 869. The molecule has 0 saturated carbocycles. The summed E-state index contributed by atoms with van der Waals surface area (Å²) in [4.78, 5) is 2.55. The molecule has 2 unspecified atom stereocenters. The average Bonchev–Trinajstić information content (AvgIpc) is 2.84. The van der Waals surface area contributed by atoms with Gasteiger partial charge >= 0.3 is 0 Å². The molecule has 2 atom stereocenters. The topological polar surface area (TPSA) is 21.7 Å². The summed E-state index contributed by atoms with van der Waals surface area (Å²) in [6, 6.07) is 32.0. The fourth-order valence-electron chi connectivity index (χ4n) is 4.34. The lowest BCUT2D eigenvalue weighted by atomic mass is 10.00. The quantitative estimate of drug-likeness (QED) is 0.415. The second kappa shape index (κ2) is 11.8. The van der Waals surface area contributed by atoms with Crippen LogP contribution in [0.4, 0.5) is 0 Å². The number of benzene rings is 3. The van der Waals surface area contributed by atoms with E-state index in [9.17, 15) is 0 Å². The molecule has 0 radical (unpaired) electrons. The molecule has 1 aliphatic heterocycles. The third-order valence-electron chi connectivity index (χ3n) is 6.04. The van der Waals surface area contributed by atoms with Gasteiger partial charge in [0.15, 0.2) is 0 Å². The molecule has 0 bridgehead atoms. The van der Waals surface area contributed by atoms with Gasteiger partial charge in [-0.3, -0.25) is 4.90 Å². The predicted octanol–water partition coefficient (Wildman–Crippen LogP) is 5.84. The van der Waals surface area contributed by atoms with E-state index >= 15 is 0 Å². The van der Waals surface area contributed by atoms with E-state index in [1.54, 1.807) is 0 Å². The van der Waals surface area contributed by atoms with Crippen LogP contribution in [-0.2, 0) is 29.1 Å². The zero-order chi connectivity index (χ0) is 21.1. The van der Waals surface area contributed by atoms with Crippen molar-refractivity contribution in [3.8, 4) is 0 Å². The molecule has 4 rings (SSSR count). The first-order valence-electron chi connectivity index (χ1n) is 11.5. The number of hydrogen-bond acceptors (Lipinski definition) is 3. The minimum absolute atomic E-state index is 0.142. The molecular formula is C28H33NO2. The summed E-state index contributed by atoms with van der Waals surface area (Å²) in [6.07, 6.45) is 4.59. The molecule has 1 aliphatic rings. The van der Waals surface area contributed by atoms with E-state index in [-0.39, 0.29) is 6.23 Å². The Labute approximate surface area is 186 Å². The molecule has 0 aliphatic carbocycles. The molecule has 1 saturated heterocycles. The second-order valence-corrected chi connectivity index (χ2v) is 8.31. The van der Waals surface area contributed by atoms with Crippen molar-refractivity contribution < 1.29 is 9.47 Å². The Balaban J connectivity index is 1.38. The zero-order valence-corrected chi connectivity index (χ0v) is 18.2. The van der Waals surface area contributed by atoms with Gasteiger partial charge in [0.05, 0.1) is 19.8 Å². The molecule has 1 fully saturated rings. The van der Waals surface area contributed by atoms with E-state index in [0.717, 1.165) is 32.4 Å². The predicted molar refractivity (Wildman–Crippen MR) is 126 cm³/mol. The van der Waals surface area contributed by atoms with Crippen LogP contribution in [0.3, 0.4) is 0 Å². The van der Waals surface area contributed by atoms with Crippen molar-refractivity contribution >= 4 is 0 Å². The maximum absolute atomic E-state index is 6.44. The van der Waals surface area contributed by atoms with Crippen LogP contribution < -0.4 is 0 Å². The summed E-state index contributed by atoms with van der Waals surface area (Å²) in [5, 5.41) is 0. The Morgan fingerprint density at radius 1 is 0.677 bits per heavy atom. The van der Waals surface area contributed by atoms with Crippen LogP contribution in [0.5, 0.6) is 0 Å². The standard InChI is InChI=1S/C28H33NO2/c1-4-11-24(12-5-1)19-20-29-27(23-30-21-25-13-6-2-7-14-25)17-10-18-28(29)31-22-26-15-8-3-9-16-26/h1-9,11-16,27-28H,10,17-23H2. The van der Waals surface area contributed by atoms with Crippen LogP contribution in [-0.4, -0.2) is 30.3 Å². The highest BCUT2D eigenvalue weighted by molar-refractivity contribution is 5.16. The van der Waals surface area contributed by atoms with Crippen molar-refractivity contribution in [1.82, 2.24) is 4.90 Å². The first-order valence-corrected chi connectivity index (χ1v) is 11.5. The fraction of sp³-hybridized carbons (Fsp3) is 0.357. The SMILES string of the molecule is c1ccc(CCN2C(COCc3ccccc3)CCCC2OCc2ccccc2)cc1. The highest BCUT2D eigenvalue weighted by Crippen LogP contribution is 2.26. The molecule has 3 nitrogen and oxygen atoms in total. The average molecular weight is 416 g/mol. The summed E-state index contributed by atoms with van der Waals surface area (Å²) in [6.45, 7) is 3.06. The van der Waals surface area contributed by atoms with Crippen molar-refractivity contribution in [2.24, 2.45) is 0 Å². The summed E-state index contributed by atoms with van der Waals surface area (Å²) in [5.74, 6) is 0. The maximum Gasteiger partial charge on any atom is 0.111 e. The molecule has 0 spiro atoms. The second-order valence-electron chi connectivity index (χ2n) is 8.31. The normalized spacial score (nSPS) is 19.4. The minimum atomic E-state index is 0.142. The van der Waals surface area contributed by atoms with Gasteiger partial charge in [-0.1, -0.05) is 91.0 Å². The Hall–Kier alpha value is -2.46. The van der Waals surface area contributed by atoms with E-state index in [2.05, 4.69) is 89.8 Å². The van der Waals surface area contributed by atoms with E-state index in [0.29, 0.717) is 19.3 Å². The zero-order valence-electron chi connectivity index (χ0n) is 18.2. The fourth-order valence-corrected chi connectivity index (χ4v) is 4.34. The smallest absolute Gasteiger partial charge is 0.111 e. The Kier molecular flexibility index (Phi) is 8.29. The van der Waals surface area contributed by atoms with Gasteiger partial charge in [0.1, 0.15) is 6.23 Å². The largest absolute Gasteiger partial charge is 0.375 e. The molecule has 0 amide bonds. The summed E-state index contributed by atoms with van der Waals surface area (Å²) < 4.78 is 12.6. The highest BCUT2D eigenvalue weighted by Gasteiger charge is 2.31. The van der Waals surface area contributed by atoms with Gasteiger partial charge in [-0.15, -0.1) is 0 Å². The molecule has 3 heteroatoms. The van der Waals surface area contributed by atoms with E-state index < -0.39 is 0 Å². The van der Waals surface area contributed by atoms with Crippen molar-refractivity contribution in [3.05, 3.63) is 108 Å². The number of piperidine rings is 1. The van der Waals surface area contributed by atoms with Crippen LogP contribution in [0.2, 0.25) is 0 Å². The summed E-state index contributed by atoms with van der Waals surface area (Å²) in [7, 11) is 0. The number of hydrogen-bond donors (Lipinski definition) is 0. The van der Waals surface area contributed by atoms with Crippen molar-refractivity contribution in [2.45, 2.75) is 51.2 Å². The number of ether oxygens (including phenoxy) is 2. The van der Waals surface area contributed by atoms with Crippen LogP contribution in [0, 0.1) is 0 Å². The van der Waals surface area contributed by atoms with Gasteiger partial charge in [-0.2, -0.15) is 0 Å². The van der Waals surface area contributed by atoms with E-state index in [1.807, 2.05) is 6.07 Å². The van der Waals surface area contributed by atoms with Gasteiger partial charge in [0, 0.05) is 12.6 Å². The lowest BCUT2D eigenvalue weighted by Gasteiger charge is -2.42. The van der Waals surface area contributed by atoms with Crippen molar-refractivity contribution in [2.75, 3.05) is 13.2 Å². The lowest BCUT2D eigenvalue weighted by molar-refractivity contribution is -0.123. The number of nitrogens with zero attached hydrogens (tertiary/aromatic N) is 1. The molecule has 162 valence electrons. The van der Waals surface area contributed by atoms with Crippen molar-refractivity contribution in [3.63, 3.8) is 0 Å². The van der Waals surface area contributed by atoms with E-state index in [1.165, 1.54) is 23.1 Å². The maximum atomic E-state index is 6.44. The molecule has 3 aromatic carbocycles. The van der Waals surface area contributed by atoms with Gasteiger partial charge in [0.2, 0.25) is 0 Å². The molecule has 0 N–H and O–H groups in total. The van der Waals surface area contributed by atoms with Crippen LogP contribution in [0.1, 0.15) is 36.0 Å². The monoisotopic (exact) mass is 415 g/mol. The van der Waals surface area contributed by atoms with Crippen LogP contribution in [0.25, 0.3) is 0 Å². The van der Waals surface area contributed by atoms with Gasteiger partial charge in [-0.25, -0.2) is 0 Å². The highest BCUT2D eigenvalue weighted by atomic mass is 16.5. The molecule has 3 aromatic rings. The van der Waals surface area contributed by atoms with Crippen LogP contribution in [0.15, 0.2) is 91.0 Å². The Morgan fingerprint density at radius 2 is 1.26 bits per heavy atom. The van der Waals surface area contributed by atoms with Gasteiger partial charge in [-0.05, 0) is 42.4 Å². The third-order valence-corrected chi connectivity index (χ3v) is 6.04. The molecule has 0 aromatic heterocycles. The summed E-state index contributed by atoms with van der Waals surface area (Å²) in [5.41, 5.74) is 3.83. The molecular weight excluding hydrogens is 382 g/mol.